The Balaban J connectivity index is 4.27. The largest absolute Gasteiger partial charge is 0.395 e. The van der Waals surface area contributed by atoms with Crippen LogP contribution in [-0.4, -0.2) is 41.7 Å². The van der Waals surface area contributed by atoms with Gasteiger partial charge < -0.3 is 15.7 Å². The monoisotopic (exact) mass is 196 g/mol. The number of nitrogens with two attached hydrogens (primary N) is 1. The van der Waals surface area contributed by atoms with Gasteiger partial charge in [0.25, 0.3) is 0 Å². The van der Waals surface area contributed by atoms with Crippen LogP contribution in [0.1, 0.15) is 6.42 Å². The maximum atomic E-state index is 11.6. The van der Waals surface area contributed by atoms with Crippen molar-refractivity contribution < 1.29 is 9.90 Å². The zero-order valence-corrected chi connectivity index (χ0v) is 8.15. The van der Waals surface area contributed by atoms with Crippen molar-refractivity contribution in [3.8, 4) is 12.3 Å². The Kier molecular flexibility index (Phi) is 6.46. The summed E-state index contributed by atoms with van der Waals surface area (Å²) in [5.74, 6) is 2.07. The van der Waals surface area contributed by atoms with Crippen molar-refractivity contribution >= 4 is 5.91 Å². The number of rotatable bonds is 6. The highest BCUT2D eigenvalue weighted by Gasteiger charge is 2.18. The molecule has 78 valence electrons. The molecule has 0 bridgehead atoms. The van der Waals surface area contributed by atoms with Crippen molar-refractivity contribution in [1.82, 2.24) is 4.90 Å². The maximum absolute atomic E-state index is 11.6. The number of hydrogen-bond acceptors (Lipinski definition) is 3. The number of nitrogens with zero attached hydrogens (tertiary/aromatic N) is 1. The van der Waals surface area contributed by atoms with Gasteiger partial charge in [0.15, 0.2) is 0 Å². The molecule has 0 saturated carbocycles. The van der Waals surface area contributed by atoms with E-state index in [1.54, 1.807) is 6.08 Å². The van der Waals surface area contributed by atoms with Crippen LogP contribution in [0.25, 0.3) is 0 Å². The Hall–Kier alpha value is -1.31. The summed E-state index contributed by atoms with van der Waals surface area (Å²) in [5, 5.41) is 8.71. The lowest BCUT2D eigenvalue weighted by molar-refractivity contribution is -0.132. The third-order valence-corrected chi connectivity index (χ3v) is 1.69. The van der Waals surface area contributed by atoms with E-state index in [1.807, 2.05) is 0 Å². The molecule has 0 aromatic carbocycles. The van der Waals surface area contributed by atoms with Crippen molar-refractivity contribution in [2.24, 2.45) is 5.73 Å². The van der Waals surface area contributed by atoms with Crippen LogP contribution in [0.3, 0.4) is 0 Å². The predicted octanol–water partition coefficient (Wildman–Crippen LogP) is -0.656. The zero-order chi connectivity index (χ0) is 11.0. The molecule has 1 amide bonds. The molecule has 0 saturated heterocycles. The maximum Gasteiger partial charge on any atom is 0.240 e. The SMILES string of the molecule is C#CCC(N)C(=O)N(CC=C)CCO. The molecule has 1 atom stereocenters. The molecular formula is C10H16N2O2. The first kappa shape index (κ1) is 12.7. The molecular weight excluding hydrogens is 180 g/mol. The number of amides is 1. The van der Waals surface area contributed by atoms with Crippen LogP contribution in [0, 0.1) is 12.3 Å². The molecule has 0 aromatic heterocycles. The summed E-state index contributed by atoms with van der Waals surface area (Å²) in [6.45, 7) is 4.04. The minimum Gasteiger partial charge on any atom is -0.395 e. The molecule has 0 aliphatic carbocycles. The van der Waals surface area contributed by atoms with Crippen LogP contribution in [0.5, 0.6) is 0 Å². The molecule has 4 nitrogen and oxygen atoms in total. The number of carbonyl (C=O) groups excluding carboxylic acids is 1. The Morgan fingerprint density at radius 3 is 2.86 bits per heavy atom. The lowest BCUT2D eigenvalue weighted by Gasteiger charge is -2.22. The predicted molar refractivity (Wildman–Crippen MR) is 55.3 cm³/mol. The molecule has 0 aliphatic rings. The molecule has 1 unspecified atom stereocenters. The van der Waals surface area contributed by atoms with Crippen LogP contribution < -0.4 is 5.73 Å². The normalized spacial score (nSPS) is 11.5. The Morgan fingerprint density at radius 1 is 1.79 bits per heavy atom. The standard InChI is InChI=1S/C10H16N2O2/c1-3-5-9(11)10(14)12(6-4-2)7-8-13/h1,4,9,13H,2,5-8,11H2. The van der Waals surface area contributed by atoms with Gasteiger partial charge in [-0.3, -0.25) is 4.79 Å². The quantitative estimate of drug-likeness (QED) is 0.438. The van der Waals surface area contributed by atoms with Gasteiger partial charge in [-0.25, -0.2) is 0 Å². The van der Waals surface area contributed by atoms with Gasteiger partial charge in [0.1, 0.15) is 0 Å². The molecule has 0 heterocycles. The first-order valence-corrected chi connectivity index (χ1v) is 4.37. The van der Waals surface area contributed by atoms with Crippen LogP contribution in [-0.2, 0) is 4.79 Å². The fourth-order valence-electron chi connectivity index (χ4n) is 1.02. The second kappa shape index (κ2) is 7.13. The lowest BCUT2D eigenvalue weighted by Crippen LogP contribution is -2.44. The topological polar surface area (TPSA) is 66.6 Å². The molecule has 0 aromatic rings. The number of aliphatic hydroxyl groups is 1. The van der Waals surface area contributed by atoms with Gasteiger partial charge in [-0.2, -0.15) is 0 Å². The molecule has 3 N–H and O–H groups in total. The Bertz CT molecular complexity index is 233. The van der Waals surface area contributed by atoms with Gasteiger partial charge in [0, 0.05) is 19.5 Å². The molecule has 0 radical (unpaired) electrons. The summed E-state index contributed by atoms with van der Waals surface area (Å²) < 4.78 is 0. The lowest BCUT2D eigenvalue weighted by atomic mass is 10.2. The second-order valence-electron chi connectivity index (χ2n) is 2.81. The highest BCUT2D eigenvalue weighted by atomic mass is 16.3. The Morgan fingerprint density at radius 2 is 2.43 bits per heavy atom. The average Bonchev–Trinajstić information content (AvgIpc) is 2.17. The fraction of sp³-hybridized carbons (Fsp3) is 0.500. The number of terminal acetylenes is 1. The zero-order valence-electron chi connectivity index (χ0n) is 8.15. The van der Waals surface area contributed by atoms with E-state index in [2.05, 4.69) is 12.5 Å². The van der Waals surface area contributed by atoms with Crippen molar-refractivity contribution in [2.45, 2.75) is 12.5 Å². The van der Waals surface area contributed by atoms with E-state index in [4.69, 9.17) is 17.3 Å². The van der Waals surface area contributed by atoms with Gasteiger partial charge in [0.05, 0.1) is 12.6 Å². The molecule has 4 heteroatoms. The van der Waals surface area contributed by atoms with E-state index in [-0.39, 0.29) is 25.5 Å². The van der Waals surface area contributed by atoms with E-state index in [0.717, 1.165) is 0 Å². The molecule has 0 fully saturated rings. The fourth-order valence-corrected chi connectivity index (χ4v) is 1.02. The summed E-state index contributed by atoms with van der Waals surface area (Å²) in [5.41, 5.74) is 5.54. The molecule has 0 spiro atoms. The third-order valence-electron chi connectivity index (χ3n) is 1.69. The molecule has 0 aliphatic heterocycles. The first-order chi connectivity index (χ1) is 6.67. The number of aliphatic hydroxyl groups excluding tert-OH is 1. The second-order valence-corrected chi connectivity index (χ2v) is 2.81. The van der Waals surface area contributed by atoms with Crippen molar-refractivity contribution in [1.29, 1.82) is 0 Å². The van der Waals surface area contributed by atoms with Gasteiger partial charge in [-0.05, 0) is 0 Å². The van der Waals surface area contributed by atoms with Crippen LogP contribution in [0.2, 0.25) is 0 Å². The van der Waals surface area contributed by atoms with E-state index < -0.39 is 6.04 Å². The van der Waals surface area contributed by atoms with E-state index in [9.17, 15) is 4.79 Å². The average molecular weight is 196 g/mol. The van der Waals surface area contributed by atoms with Gasteiger partial charge in [-0.1, -0.05) is 6.08 Å². The van der Waals surface area contributed by atoms with E-state index in [0.29, 0.717) is 6.54 Å². The Labute approximate surface area is 84.4 Å². The first-order valence-electron chi connectivity index (χ1n) is 4.37. The third kappa shape index (κ3) is 4.08. The van der Waals surface area contributed by atoms with Crippen LogP contribution in [0.15, 0.2) is 12.7 Å². The van der Waals surface area contributed by atoms with Crippen molar-refractivity contribution in [3.63, 3.8) is 0 Å². The summed E-state index contributed by atoms with van der Waals surface area (Å²) in [7, 11) is 0. The smallest absolute Gasteiger partial charge is 0.240 e. The van der Waals surface area contributed by atoms with Gasteiger partial charge in [-0.15, -0.1) is 18.9 Å². The highest BCUT2D eigenvalue weighted by Crippen LogP contribution is 1.96. The van der Waals surface area contributed by atoms with E-state index in [1.165, 1.54) is 4.90 Å². The van der Waals surface area contributed by atoms with Crippen LogP contribution >= 0.6 is 0 Å². The van der Waals surface area contributed by atoms with Gasteiger partial charge in [0.2, 0.25) is 5.91 Å². The summed E-state index contributed by atoms with van der Waals surface area (Å²) in [6, 6.07) is -0.688. The number of carbonyl (C=O) groups is 1. The summed E-state index contributed by atoms with van der Waals surface area (Å²) in [6.07, 6.45) is 6.83. The molecule has 14 heavy (non-hydrogen) atoms. The summed E-state index contributed by atoms with van der Waals surface area (Å²) >= 11 is 0. The minimum atomic E-state index is -0.688. The summed E-state index contributed by atoms with van der Waals surface area (Å²) in [4.78, 5) is 13.0. The minimum absolute atomic E-state index is 0.0949. The van der Waals surface area contributed by atoms with Crippen LogP contribution in [0.4, 0.5) is 0 Å². The van der Waals surface area contributed by atoms with Gasteiger partial charge >= 0.3 is 0 Å². The number of hydrogen-bond donors (Lipinski definition) is 2. The van der Waals surface area contributed by atoms with Crippen molar-refractivity contribution in [3.05, 3.63) is 12.7 Å². The van der Waals surface area contributed by atoms with Crippen molar-refractivity contribution in [2.75, 3.05) is 19.7 Å². The van der Waals surface area contributed by atoms with E-state index >= 15 is 0 Å². The highest BCUT2D eigenvalue weighted by molar-refractivity contribution is 5.82. The molecule has 0 rings (SSSR count).